The van der Waals surface area contributed by atoms with Crippen LogP contribution in [0, 0.1) is 11.8 Å². The van der Waals surface area contributed by atoms with Crippen LogP contribution in [0.2, 0.25) is 0 Å². The fraction of sp³-hybridized carbons (Fsp3) is 0.556. The molecule has 3 heterocycles. The van der Waals surface area contributed by atoms with Crippen molar-refractivity contribution in [2.24, 2.45) is 11.8 Å². The maximum atomic E-state index is 12.2. The molecule has 0 saturated carbocycles. The highest BCUT2D eigenvalue weighted by Crippen LogP contribution is 2.30. The Bertz CT molecular complexity index is 1130. The first-order valence-electron chi connectivity index (χ1n) is 12.5. The summed E-state index contributed by atoms with van der Waals surface area (Å²) in [6.45, 7) is 14.4. The Hall–Kier alpha value is -3.00. The third kappa shape index (κ3) is 6.17. The molecular weight excluding hydrogens is 444 g/mol. The van der Waals surface area contributed by atoms with Crippen LogP contribution in [0.1, 0.15) is 64.9 Å². The number of nitrogens with zero attached hydrogens (tertiary/aromatic N) is 4. The lowest BCUT2D eigenvalue weighted by atomic mass is 9.98. The standard InChI is InChI=1S/C27H36N4O4/c1-7-8-22-21(13-17(2)3)23(29-34-22)25-28-24(30-35-25)19-11-9-18(10-12-19)14-31-15-20(16-31)26(32)33-27(4,5)6/h9-12,17,20H,7-8,13-16H2,1-6H3. The summed E-state index contributed by atoms with van der Waals surface area (Å²) in [4.78, 5) is 19.0. The molecule has 0 unspecified atom stereocenters. The van der Waals surface area contributed by atoms with Crippen molar-refractivity contribution in [2.45, 2.75) is 73.0 Å². The number of rotatable bonds is 9. The first kappa shape index (κ1) is 25.1. The molecule has 0 bridgehead atoms. The van der Waals surface area contributed by atoms with Crippen molar-refractivity contribution in [2.75, 3.05) is 13.1 Å². The second kappa shape index (κ2) is 10.3. The summed E-state index contributed by atoms with van der Waals surface area (Å²) in [6.07, 6.45) is 2.68. The van der Waals surface area contributed by atoms with Crippen LogP contribution in [0.3, 0.4) is 0 Å². The maximum Gasteiger partial charge on any atom is 0.312 e. The van der Waals surface area contributed by atoms with Crippen LogP contribution < -0.4 is 0 Å². The van der Waals surface area contributed by atoms with Crippen LogP contribution in [-0.4, -0.2) is 44.9 Å². The molecule has 0 amide bonds. The Balaban J connectivity index is 1.39. The van der Waals surface area contributed by atoms with Gasteiger partial charge in [-0.3, -0.25) is 9.69 Å². The Morgan fingerprint density at radius 2 is 1.86 bits per heavy atom. The molecule has 2 aromatic heterocycles. The third-order valence-corrected chi connectivity index (χ3v) is 5.90. The quantitative estimate of drug-likeness (QED) is 0.380. The lowest BCUT2D eigenvalue weighted by Crippen LogP contribution is -2.51. The molecular formula is C27H36N4O4. The Labute approximate surface area is 207 Å². The molecule has 1 aliphatic heterocycles. The van der Waals surface area contributed by atoms with Gasteiger partial charge in [0.05, 0.1) is 5.92 Å². The van der Waals surface area contributed by atoms with Gasteiger partial charge in [0.1, 0.15) is 11.4 Å². The van der Waals surface area contributed by atoms with Crippen molar-refractivity contribution >= 4 is 5.97 Å². The zero-order valence-corrected chi connectivity index (χ0v) is 21.6. The monoisotopic (exact) mass is 480 g/mol. The SMILES string of the molecule is CCCc1onc(-c2nc(-c3ccc(CN4CC(C(=O)OC(C)(C)C)C4)cc3)no2)c1CC(C)C. The third-order valence-electron chi connectivity index (χ3n) is 5.90. The summed E-state index contributed by atoms with van der Waals surface area (Å²) in [5.74, 6) is 2.13. The van der Waals surface area contributed by atoms with E-state index in [0.29, 0.717) is 23.3 Å². The average Bonchev–Trinajstić information content (AvgIpc) is 3.37. The van der Waals surface area contributed by atoms with Crippen molar-refractivity contribution < 1.29 is 18.6 Å². The molecule has 1 aromatic carbocycles. The number of esters is 1. The lowest BCUT2D eigenvalue weighted by Gasteiger charge is -2.38. The van der Waals surface area contributed by atoms with Gasteiger partial charge in [-0.05, 0) is 45.1 Å². The summed E-state index contributed by atoms with van der Waals surface area (Å²) in [6, 6.07) is 8.11. The maximum absolute atomic E-state index is 12.2. The van der Waals surface area contributed by atoms with Crippen LogP contribution in [0.25, 0.3) is 23.0 Å². The number of aryl methyl sites for hydroxylation is 1. The molecule has 188 valence electrons. The van der Waals surface area contributed by atoms with E-state index in [4.69, 9.17) is 13.8 Å². The summed E-state index contributed by atoms with van der Waals surface area (Å²) >= 11 is 0. The van der Waals surface area contributed by atoms with Crippen molar-refractivity contribution in [1.29, 1.82) is 0 Å². The first-order chi connectivity index (χ1) is 16.6. The van der Waals surface area contributed by atoms with Gasteiger partial charge in [-0.2, -0.15) is 4.98 Å². The molecule has 0 N–H and O–H groups in total. The minimum atomic E-state index is -0.441. The number of carbonyl (C=O) groups is 1. The molecule has 1 aliphatic rings. The van der Waals surface area contributed by atoms with Crippen LogP contribution in [0.5, 0.6) is 0 Å². The predicted octanol–water partition coefficient (Wildman–Crippen LogP) is 5.32. The zero-order chi connectivity index (χ0) is 25.2. The summed E-state index contributed by atoms with van der Waals surface area (Å²) in [5.41, 5.74) is 3.31. The van der Waals surface area contributed by atoms with E-state index in [1.165, 1.54) is 5.56 Å². The van der Waals surface area contributed by atoms with E-state index in [-0.39, 0.29) is 11.9 Å². The minimum absolute atomic E-state index is 0.0405. The van der Waals surface area contributed by atoms with Crippen molar-refractivity contribution in [3.63, 3.8) is 0 Å². The van der Waals surface area contributed by atoms with Gasteiger partial charge < -0.3 is 13.8 Å². The number of benzene rings is 1. The molecule has 3 aromatic rings. The zero-order valence-electron chi connectivity index (χ0n) is 21.6. The van der Waals surface area contributed by atoms with Crippen LogP contribution in [0.4, 0.5) is 0 Å². The van der Waals surface area contributed by atoms with Gasteiger partial charge in [0, 0.05) is 37.2 Å². The van der Waals surface area contributed by atoms with E-state index in [2.05, 4.69) is 53.1 Å². The number of likely N-dealkylation sites (tertiary alicyclic amines) is 1. The molecule has 0 atom stereocenters. The van der Waals surface area contributed by atoms with Crippen LogP contribution >= 0.6 is 0 Å². The smallest absolute Gasteiger partial charge is 0.312 e. The van der Waals surface area contributed by atoms with Crippen molar-refractivity contribution in [3.05, 3.63) is 41.2 Å². The number of hydrogen-bond donors (Lipinski definition) is 0. The first-order valence-corrected chi connectivity index (χ1v) is 12.5. The van der Waals surface area contributed by atoms with Gasteiger partial charge in [-0.1, -0.05) is 55.4 Å². The molecule has 4 rings (SSSR count). The highest BCUT2D eigenvalue weighted by atomic mass is 16.6. The van der Waals surface area contributed by atoms with Gasteiger partial charge in [0.2, 0.25) is 5.82 Å². The number of aromatic nitrogens is 3. The van der Waals surface area contributed by atoms with Gasteiger partial charge >= 0.3 is 5.97 Å². The van der Waals surface area contributed by atoms with E-state index in [0.717, 1.165) is 55.8 Å². The lowest BCUT2D eigenvalue weighted by molar-refractivity contribution is -0.166. The van der Waals surface area contributed by atoms with E-state index >= 15 is 0 Å². The predicted molar refractivity (Wildman–Crippen MR) is 132 cm³/mol. The second-order valence-corrected chi connectivity index (χ2v) is 10.8. The molecule has 8 heteroatoms. The van der Waals surface area contributed by atoms with Crippen LogP contribution in [-0.2, 0) is 28.9 Å². The molecule has 0 radical (unpaired) electrons. The number of carbonyl (C=O) groups excluding carboxylic acids is 1. The Morgan fingerprint density at radius 1 is 1.14 bits per heavy atom. The fourth-order valence-corrected chi connectivity index (χ4v) is 4.24. The molecule has 8 nitrogen and oxygen atoms in total. The van der Waals surface area contributed by atoms with Gasteiger partial charge in [-0.15, -0.1) is 0 Å². The highest BCUT2D eigenvalue weighted by Gasteiger charge is 2.35. The molecule has 35 heavy (non-hydrogen) atoms. The van der Waals surface area contributed by atoms with Gasteiger partial charge in [0.25, 0.3) is 5.89 Å². The Kier molecular flexibility index (Phi) is 7.40. The van der Waals surface area contributed by atoms with E-state index in [1.54, 1.807) is 0 Å². The second-order valence-electron chi connectivity index (χ2n) is 10.8. The average molecular weight is 481 g/mol. The summed E-state index contributed by atoms with van der Waals surface area (Å²) in [7, 11) is 0. The number of ether oxygens (including phenoxy) is 1. The van der Waals surface area contributed by atoms with Crippen molar-refractivity contribution in [3.8, 4) is 23.0 Å². The molecule has 1 fully saturated rings. The van der Waals surface area contributed by atoms with Crippen LogP contribution in [0.15, 0.2) is 33.3 Å². The molecule has 0 spiro atoms. The summed E-state index contributed by atoms with van der Waals surface area (Å²) in [5, 5.41) is 8.44. The normalized spacial score (nSPS) is 14.9. The van der Waals surface area contributed by atoms with Gasteiger partial charge in [-0.25, -0.2) is 0 Å². The van der Waals surface area contributed by atoms with E-state index < -0.39 is 5.60 Å². The molecule has 1 saturated heterocycles. The van der Waals surface area contributed by atoms with E-state index in [9.17, 15) is 4.79 Å². The Morgan fingerprint density at radius 3 is 2.49 bits per heavy atom. The van der Waals surface area contributed by atoms with E-state index in [1.807, 2.05) is 32.9 Å². The minimum Gasteiger partial charge on any atom is -0.460 e. The largest absolute Gasteiger partial charge is 0.460 e. The number of hydrogen-bond acceptors (Lipinski definition) is 8. The fourth-order valence-electron chi connectivity index (χ4n) is 4.24. The molecule has 0 aliphatic carbocycles. The highest BCUT2D eigenvalue weighted by molar-refractivity contribution is 5.74. The summed E-state index contributed by atoms with van der Waals surface area (Å²) < 4.78 is 16.7. The van der Waals surface area contributed by atoms with Gasteiger partial charge in [0.15, 0.2) is 5.69 Å². The topological polar surface area (TPSA) is 94.5 Å². The van der Waals surface area contributed by atoms with Crippen molar-refractivity contribution in [1.82, 2.24) is 20.2 Å².